The number of amides is 1. The van der Waals surface area contributed by atoms with Gasteiger partial charge in [-0.15, -0.1) is 0 Å². The van der Waals surface area contributed by atoms with E-state index in [1.165, 1.54) is 6.08 Å². The number of hydrogen-bond acceptors (Lipinski definition) is 3. The minimum Gasteiger partial charge on any atom is -0.492 e. The number of nitrogens with one attached hydrogen (secondary N) is 1. The molecule has 2 rings (SSSR count). The summed E-state index contributed by atoms with van der Waals surface area (Å²) in [5.74, 6) is 0.128. The highest BCUT2D eigenvalue weighted by Crippen LogP contribution is 2.26. The Kier molecular flexibility index (Phi) is 6.62. The number of halogens is 1. The van der Waals surface area contributed by atoms with Crippen LogP contribution in [0.25, 0.3) is 6.08 Å². The first-order valence-electron chi connectivity index (χ1n) is 7.96. The molecule has 1 amide bonds. The molecule has 0 aromatic heterocycles. The van der Waals surface area contributed by atoms with Crippen LogP contribution in [0.5, 0.6) is 5.75 Å². The average Bonchev–Trinajstić information content (AvgIpc) is 2.60. The molecule has 0 bridgehead atoms. The number of para-hydroxylation sites is 1. The summed E-state index contributed by atoms with van der Waals surface area (Å²) in [6.07, 6.45) is 2.39. The topological polar surface area (TPSA) is 62.1 Å². The predicted octanol–water partition coefficient (Wildman–Crippen LogP) is 4.98. The van der Waals surface area contributed by atoms with Gasteiger partial charge in [0.1, 0.15) is 17.4 Å². The van der Waals surface area contributed by atoms with Crippen molar-refractivity contribution in [3.8, 4) is 11.8 Å². The summed E-state index contributed by atoms with van der Waals surface area (Å²) in [6.45, 7) is 4.48. The van der Waals surface area contributed by atoms with Crippen molar-refractivity contribution >= 4 is 29.3 Å². The van der Waals surface area contributed by atoms with Gasteiger partial charge in [0.05, 0.1) is 11.6 Å². The second kappa shape index (κ2) is 8.91. The number of rotatable bonds is 6. The van der Waals surface area contributed by atoms with Crippen LogP contribution in [0.1, 0.15) is 24.5 Å². The third kappa shape index (κ3) is 5.10. The molecule has 0 aliphatic heterocycles. The SMILES string of the molecule is CCCOc1ccc(/C=C(\C#N)C(=O)Nc2ccccc2C)cc1Cl. The molecule has 2 aromatic carbocycles. The number of anilines is 1. The van der Waals surface area contributed by atoms with E-state index in [-0.39, 0.29) is 5.57 Å². The fraction of sp³-hybridized carbons (Fsp3) is 0.200. The Morgan fingerprint density at radius 3 is 2.72 bits per heavy atom. The predicted molar refractivity (Wildman–Crippen MR) is 101 cm³/mol. The zero-order valence-electron chi connectivity index (χ0n) is 14.2. The summed E-state index contributed by atoms with van der Waals surface area (Å²) in [5.41, 5.74) is 2.26. The van der Waals surface area contributed by atoms with E-state index in [0.717, 1.165) is 12.0 Å². The Labute approximate surface area is 152 Å². The van der Waals surface area contributed by atoms with Crippen LogP contribution in [0.15, 0.2) is 48.0 Å². The third-order valence-electron chi connectivity index (χ3n) is 3.49. The van der Waals surface area contributed by atoms with Crippen LogP contribution in [-0.4, -0.2) is 12.5 Å². The largest absolute Gasteiger partial charge is 0.492 e. The quantitative estimate of drug-likeness (QED) is 0.587. The number of nitriles is 1. The van der Waals surface area contributed by atoms with Gasteiger partial charge in [-0.1, -0.05) is 42.8 Å². The van der Waals surface area contributed by atoms with E-state index in [1.807, 2.05) is 38.1 Å². The number of nitrogens with zero attached hydrogens (tertiary/aromatic N) is 1. The monoisotopic (exact) mass is 354 g/mol. The fourth-order valence-electron chi connectivity index (χ4n) is 2.15. The minimum absolute atomic E-state index is 0.00143. The van der Waals surface area contributed by atoms with Gasteiger partial charge in [-0.05, 0) is 48.7 Å². The maximum Gasteiger partial charge on any atom is 0.266 e. The highest BCUT2D eigenvalue weighted by Gasteiger charge is 2.11. The van der Waals surface area contributed by atoms with Crippen molar-refractivity contribution < 1.29 is 9.53 Å². The van der Waals surface area contributed by atoms with Gasteiger partial charge in [0.25, 0.3) is 5.91 Å². The van der Waals surface area contributed by atoms with Gasteiger partial charge in [0.15, 0.2) is 0 Å². The molecular weight excluding hydrogens is 336 g/mol. The van der Waals surface area contributed by atoms with Gasteiger partial charge in [-0.3, -0.25) is 4.79 Å². The van der Waals surface area contributed by atoms with Crippen LogP contribution in [0, 0.1) is 18.3 Å². The number of aryl methyl sites for hydroxylation is 1. The summed E-state index contributed by atoms with van der Waals surface area (Å²) >= 11 is 6.18. The summed E-state index contributed by atoms with van der Waals surface area (Å²) in [7, 11) is 0. The van der Waals surface area contributed by atoms with Crippen molar-refractivity contribution in [2.75, 3.05) is 11.9 Å². The number of carbonyl (C=O) groups excluding carboxylic acids is 1. The van der Waals surface area contributed by atoms with Crippen LogP contribution < -0.4 is 10.1 Å². The first-order chi connectivity index (χ1) is 12.0. The smallest absolute Gasteiger partial charge is 0.266 e. The van der Waals surface area contributed by atoms with E-state index < -0.39 is 5.91 Å². The molecule has 0 aliphatic rings. The minimum atomic E-state index is -0.459. The van der Waals surface area contributed by atoms with Crippen molar-refractivity contribution in [1.29, 1.82) is 5.26 Å². The maximum atomic E-state index is 12.3. The first-order valence-corrected chi connectivity index (χ1v) is 8.34. The van der Waals surface area contributed by atoms with Gasteiger partial charge in [0, 0.05) is 5.69 Å². The standard InChI is InChI=1S/C20H19ClN2O2/c1-3-10-25-19-9-8-15(12-17(19)21)11-16(13-22)20(24)23-18-7-5-4-6-14(18)2/h4-9,11-12H,3,10H2,1-2H3,(H,23,24)/b16-11+. The lowest BCUT2D eigenvalue weighted by atomic mass is 10.1. The van der Waals surface area contributed by atoms with Gasteiger partial charge >= 0.3 is 0 Å². The number of hydrogen-bond donors (Lipinski definition) is 1. The Hall–Kier alpha value is -2.77. The molecule has 1 N–H and O–H groups in total. The molecule has 0 saturated heterocycles. The summed E-state index contributed by atoms with van der Waals surface area (Å²) < 4.78 is 5.51. The summed E-state index contributed by atoms with van der Waals surface area (Å²) in [6, 6.07) is 14.5. The van der Waals surface area contributed by atoms with Crippen LogP contribution in [0.3, 0.4) is 0 Å². The highest BCUT2D eigenvalue weighted by atomic mass is 35.5. The Bertz CT molecular complexity index is 838. The zero-order chi connectivity index (χ0) is 18.2. The third-order valence-corrected chi connectivity index (χ3v) is 3.78. The van der Waals surface area contributed by atoms with E-state index in [0.29, 0.717) is 28.6 Å². The van der Waals surface area contributed by atoms with E-state index in [2.05, 4.69) is 5.32 Å². The zero-order valence-corrected chi connectivity index (χ0v) is 14.9. The summed E-state index contributed by atoms with van der Waals surface area (Å²) in [5, 5.41) is 12.5. The fourth-order valence-corrected chi connectivity index (χ4v) is 2.40. The molecule has 0 aliphatic carbocycles. The van der Waals surface area contributed by atoms with Gasteiger partial charge in [-0.25, -0.2) is 0 Å². The molecule has 5 heteroatoms. The lowest BCUT2D eigenvalue weighted by Gasteiger charge is -2.08. The molecule has 128 valence electrons. The Balaban J connectivity index is 2.19. The van der Waals surface area contributed by atoms with Crippen LogP contribution in [-0.2, 0) is 4.79 Å². The number of carbonyl (C=O) groups is 1. The molecule has 0 atom stereocenters. The van der Waals surface area contributed by atoms with Gasteiger partial charge in [0.2, 0.25) is 0 Å². The van der Waals surface area contributed by atoms with Gasteiger partial charge in [-0.2, -0.15) is 5.26 Å². The molecule has 0 radical (unpaired) electrons. The Morgan fingerprint density at radius 2 is 2.08 bits per heavy atom. The maximum absolute atomic E-state index is 12.3. The van der Waals surface area contributed by atoms with E-state index in [9.17, 15) is 10.1 Å². The van der Waals surface area contributed by atoms with Crippen LogP contribution in [0.4, 0.5) is 5.69 Å². The van der Waals surface area contributed by atoms with Crippen molar-refractivity contribution in [2.24, 2.45) is 0 Å². The molecule has 0 heterocycles. The van der Waals surface area contributed by atoms with Crippen LogP contribution >= 0.6 is 11.6 Å². The van der Waals surface area contributed by atoms with E-state index in [4.69, 9.17) is 16.3 Å². The Morgan fingerprint density at radius 1 is 1.32 bits per heavy atom. The van der Waals surface area contributed by atoms with Crippen LogP contribution in [0.2, 0.25) is 5.02 Å². The second-order valence-electron chi connectivity index (χ2n) is 5.48. The van der Waals surface area contributed by atoms with E-state index in [1.54, 1.807) is 24.3 Å². The highest BCUT2D eigenvalue weighted by molar-refractivity contribution is 6.32. The molecule has 4 nitrogen and oxygen atoms in total. The molecule has 2 aromatic rings. The van der Waals surface area contributed by atoms with E-state index >= 15 is 0 Å². The molecule has 0 fully saturated rings. The van der Waals surface area contributed by atoms with Crippen molar-refractivity contribution in [1.82, 2.24) is 0 Å². The molecular formula is C20H19ClN2O2. The molecule has 0 saturated carbocycles. The molecule has 25 heavy (non-hydrogen) atoms. The van der Waals surface area contributed by atoms with Crippen molar-refractivity contribution in [3.05, 3.63) is 64.2 Å². The number of benzene rings is 2. The first kappa shape index (κ1) is 18.6. The van der Waals surface area contributed by atoms with Crippen molar-refractivity contribution in [3.63, 3.8) is 0 Å². The normalized spacial score (nSPS) is 10.9. The lowest BCUT2D eigenvalue weighted by molar-refractivity contribution is -0.112. The van der Waals surface area contributed by atoms with Gasteiger partial charge < -0.3 is 10.1 Å². The molecule has 0 spiro atoms. The van der Waals surface area contributed by atoms with Crippen molar-refractivity contribution in [2.45, 2.75) is 20.3 Å². The molecule has 0 unspecified atom stereocenters. The lowest BCUT2D eigenvalue weighted by Crippen LogP contribution is -2.14. The second-order valence-corrected chi connectivity index (χ2v) is 5.88. The average molecular weight is 355 g/mol. The summed E-state index contributed by atoms with van der Waals surface area (Å²) in [4.78, 5) is 12.3. The number of ether oxygens (including phenoxy) is 1.